The number of allylic oxidation sites excluding steroid dienone is 14. The molecule has 6 nitrogen and oxygen atoms in total. The van der Waals surface area contributed by atoms with Gasteiger partial charge in [0.2, 0.25) is 0 Å². The lowest BCUT2D eigenvalue weighted by Gasteiger charge is -2.18. The van der Waals surface area contributed by atoms with Gasteiger partial charge in [0.1, 0.15) is 13.2 Å². The van der Waals surface area contributed by atoms with Crippen LogP contribution in [0.25, 0.3) is 0 Å². The van der Waals surface area contributed by atoms with Crippen molar-refractivity contribution in [2.45, 2.75) is 258 Å². The molecule has 0 heterocycles. The minimum Gasteiger partial charge on any atom is -0.462 e. The molecule has 0 saturated carbocycles. The zero-order chi connectivity index (χ0) is 47.2. The summed E-state index contributed by atoms with van der Waals surface area (Å²) in [6.07, 6.45) is 68.5. The Morgan fingerprint density at radius 1 is 0.308 bits per heavy atom. The lowest BCUT2D eigenvalue weighted by atomic mass is 10.1. The molecule has 0 aromatic rings. The Kier molecular flexibility index (Phi) is 50.4. The van der Waals surface area contributed by atoms with Gasteiger partial charge in [0, 0.05) is 19.3 Å². The Morgan fingerprint density at radius 3 is 0.954 bits per heavy atom. The quantitative estimate of drug-likeness (QED) is 0.0262. The predicted molar refractivity (Wildman–Crippen MR) is 279 cm³/mol. The number of unbranched alkanes of at least 4 members (excludes halogenated alkanes) is 23. The Morgan fingerprint density at radius 2 is 0.569 bits per heavy atom. The molecule has 0 aliphatic rings. The maximum atomic E-state index is 12.8. The summed E-state index contributed by atoms with van der Waals surface area (Å²) < 4.78 is 16.8. The van der Waals surface area contributed by atoms with Gasteiger partial charge < -0.3 is 14.2 Å². The number of hydrogen-bond donors (Lipinski definition) is 0. The van der Waals surface area contributed by atoms with Gasteiger partial charge in [-0.15, -0.1) is 0 Å². The largest absolute Gasteiger partial charge is 0.462 e. The molecule has 0 spiro atoms. The van der Waals surface area contributed by atoms with Crippen molar-refractivity contribution in [3.63, 3.8) is 0 Å². The van der Waals surface area contributed by atoms with Crippen LogP contribution < -0.4 is 0 Å². The normalized spacial score (nSPS) is 12.7. The molecule has 0 radical (unpaired) electrons. The number of hydrogen-bond acceptors (Lipinski definition) is 6. The molecule has 0 fully saturated rings. The van der Waals surface area contributed by atoms with Gasteiger partial charge in [-0.05, 0) is 116 Å². The van der Waals surface area contributed by atoms with E-state index in [0.717, 1.165) is 103 Å². The molecule has 0 unspecified atom stereocenters. The molecule has 65 heavy (non-hydrogen) atoms. The Hall–Kier alpha value is -3.41. The van der Waals surface area contributed by atoms with Crippen LogP contribution in [-0.4, -0.2) is 37.2 Å². The first kappa shape index (κ1) is 61.6. The second-order valence-electron chi connectivity index (χ2n) is 17.8. The van der Waals surface area contributed by atoms with Crippen LogP contribution in [0.5, 0.6) is 0 Å². The van der Waals surface area contributed by atoms with E-state index in [-0.39, 0.29) is 37.5 Å². The lowest BCUT2D eigenvalue weighted by molar-refractivity contribution is -0.167. The summed E-state index contributed by atoms with van der Waals surface area (Å²) in [4.78, 5) is 38.0. The molecule has 0 N–H and O–H groups in total. The molecule has 0 aliphatic heterocycles. The van der Waals surface area contributed by atoms with Gasteiger partial charge in [-0.1, -0.05) is 202 Å². The molecule has 6 heteroatoms. The molecule has 0 bridgehead atoms. The fourth-order valence-electron chi connectivity index (χ4n) is 7.22. The Labute approximate surface area is 401 Å². The van der Waals surface area contributed by atoms with E-state index >= 15 is 0 Å². The highest BCUT2D eigenvalue weighted by Crippen LogP contribution is 2.13. The average molecular weight is 905 g/mol. The second kappa shape index (κ2) is 53.2. The molecule has 0 aromatic heterocycles. The molecular weight excluding hydrogens is 805 g/mol. The van der Waals surface area contributed by atoms with Gasteiger partial charge in [0.15, 0.2) is 6.10 Å². The maximum Gasteiger partial charge on any atom is 0.306 e. The van der Waals surface area contributed by atoms with Crippen LogP contribution >= 0.6 is 0 Å². The van der Waals surface area contributed by atoms with Crippen LogP contribution in [0.4, 0.5) is 0 Å². The number of carbonyl (C=O) groups is 3. The van der Waals surface area contributed by atoms with Gasteiger partial charge in [-0.3, -0.25) is 14.4 Å². The molecular formula is C59H100O6. The molecule has 0 amide bonds. The van der Waals surface area contributed by atoms with Gasteiger partial charge in [-0.25, -0.2) is 0 Å². The highest BCUT2D eigenvalue weighted by molar-refractivity contribution is 5.71. The van der Waals surface area contributed by atoms with E-state index in [9.17, 15) is 14.4 Å². The Bertz CT molecular complexity index is 1270. The first-order valence-electron chi connectivity index (χ1n) is 27.1. The van der Waals surface area contributed by atoms with Gasteiger partial charge >= 0.3 is 17.9 Å². The summed E-state index contributed by atoms with van der Waals surface area (Å²) in [6.45, 7) is 6.51. The minimum absolute atomic E-state index is 0.107. The molecule has 372 valence electrons. The number of rotatable bonds is 48. The molecule has 0 rings (SSSR count). The molecule has 1 atom stereocenters. The van der Waals surface area contributed by atoms with Gasteiger partial charge in [0.05, 0.1) is 0 Å². The van der Waals surface area contributed by atoms with Crippen LogP contribution in [0.1, 0.15) is 252 Å². The van der Waals surface area contributed by atoms with Crippen LogP contribution in [0.2, 0.25) is 0 Å². The van der Waals surface area contributed by atoms with E-state index < -0.39 is 6.10 Å². The fraction of sp³-hybridized carbons (Fsp3) is 0.712. The van der Waals surface area contributed by atoms with Crippen LogP contribution in [0, 0.1) is 0 Å². The van der Waals surface area contributed by atoms with Crippen molar-refractivity contribution in [2.24, 2.45) is 0 Å². The van der Waals surface area contributed by atoms with Crippen LogP contribution in [0.15, 0.2) is 85.1 Å². The molecule has 0 aromatic carbocycles. The predicted octanol–water partition coefficient (Wildman–Crippen LogP) is 18.0. The van der Waals surface area contributed by atoms with E-state index in [4.69, 9.17) is 14.2 Å². The average Bonchev–Trinajstić information content (AvgIpc) is 3.30. The highest BCUT2D eigenvalue weighted by atomic mass is 16.6. The van der Waals surface area contributed by atoms with Crippen molar-refractivity contribution >= 4 is 17.9 Å². The van der Waals surface area contributed by atoms with Crippen LogP contribution in [0.3, 0.4) is 0 Å². The summed E-state index contributed by atoms with van der Waals surface area (Å²) in [5.74, 6) is -0.985. The second-order valence-corrected chi connectivity index (χ2v) is 17.8. The minimum atomic E-state index is -0.814. The number of carbonyl (C=O) groups excluding carboxylic acids is 3. The van der Waals surface area contributed by atoms with Crippen molar-refractivity contribution in [1.82, 2.24) is 0 Å². The van der Waals surface area contributed by atoms with E-state index in [1.807, 2.05) is 0 Å². The van der Waals surface area contributed by atoms with E-state index in [2.05, 4.69) is 106 Å². The topological polar surface area (TPSA) is 78.9 Å². The highest BCUT2D eigenvalue weighted by Gasteiger charge is 2.19. The number of ether oxygens (including phenoxy) is 3. The van der Waals surface area contributed by atoms with Crippen molar-refractivity contribution in [2.75, 3.05) is 13.2 Å². The van der Waals surface area contributed by atoms with Crippen molar-refractivity contribution < 1.29 is 28.6 Å². The molecule has 0 saturated heterocycles. The third-order valence-corrected chi connectivity index (χ3v) is 11.3. The smallest absolute Gasteiger partial charge is 0.306 e. The summed E-state index contributed by atoms with van der Waals surface area (Å²) in [7, 11) is 0. The fourth-order valence-corrected chi connectivity index (χ4v) is 7.22. The van der Waals surface area contributed by atoms with Gasteiger partial charge in [-0.2, -0.15) is 0 Å². The van der Waals surface area contributed by atoms with Crippen LogP contribution in [-0.2, 0) is 28.6 Å². The standard InChI is InChI=1S/C59H100O6/c1-4-7-10-13-16-19-22-25-28-29-32-35-38-41-44-47-50-53-59(62)65-56(54-63-57(60)51-48-45-42-39-36-33-30-26-23-20-17-14-11-8-5-2)55-64-58(61)52-49-46-43-40-37-34-31-27-24-21-18-15-12-9-6-3/h16-17,19-20,25-28,30-32,35,41,44,56H,4-15,18,21-24,29,33-34,36-40,42-43,45-55H2,1-3H3/b19-16-,20-17-,28-25-,30-26-,31-27-,35-32-,44-41-/t56-/m1/s1. The zero-order valence-electron chi connectivity index (χ0n) is 42.5. The third-order valence-electron chi connectivity index (χ3n) is 11.3. The summed E-state index contributed by atoms with van der Waals surface area (Å²) in [6, 6.07) is 0. The van der Waals surface area contributed by atoms with Gasteiger partial charge in [0.25, 0.3) is 0 Å². The summed E-state index contributed by atoms with van der Waals surface area (Å²) in [5, 5.41) is 0. The van der Waals surface area contributed by atoms with Crippen molar-refractivity contribution in [3.05, 3.63) is 85.1 Å². The summed E-state index contributed by atoms with van der Waals surface area (Å²) >= 11 is 0. The van der Waals surface area contributed by atoms with Crippen molar-refractivity contribution in [3.8, 4) is 0 Å². The SMILES string of the molecule is CCCCC/C=C\C/C=C\C/C=C\C/C=C\CCCC(=O)O[C@H](COC(=O)CCCCCCC/C=C\C/C=C\CCCCC)COC(=O)CCCCCCC/C=C\CCCCCCCC. The molecule has 0 aliphatic carbocycles. The number of esters is 3. The monoisotopic (exact) mass is 905 g/mol. The Balaban J connectivity index is 4.52. The van der Waals surface area contributed by atoms with E-state index in [0.29, 0.717) is 19.3 Å². The van der Waals surface area contributed by atoms with Crippen molar-refractivity contribution in [1.29, 1.82) is 0 Å². The van der Waals surface area contributed by atoms with E-state index in [1.54, 1.807) is 0 Å². The zero-order valence-corrected chi connectivity index (χ0v) is 42.5. The first-order chi connectivity index (χ1) is 32.0. The third kappa shape index (κ3) is 51.4. The first-order valence-corrected chi connectivity index (χ1v) is 27.1. The lowest BCUT2D eigenvalue weighted by Crippen LogP contribution is -2.30. The summed E-state index contributed by atoms with van der Waals surface area (Å²) in [5.41, 5.74) is 0. The maximum absolute atomic E-state index is 12.8. The van der Waals surface area contributed by atoms with E-state index in [1.165, 1.54) is 103 Å².